The standard InChI is InChI=1S/C22H23F2N3O6S/c1-22(21(30)26-31,34(2,32)33)6-7-27-12-25-19-11-15(18(24)10-16(19)20(27)29)14-4-3-13(5-8-28)9-17(14)23/h3-4,9-12,28,31H,5-8H2,1-2H3,(H,26,30)/t22-/m0/s1. The molecule has 3 aromatic rings. The van der Waals surface area contributed by atoms with Gasteiger partial charge in [-0.25, -0.2) is 27.7 Å². The van der Waals surface area contributed by atoms with E-state index in [0.717, 1.165) is 30.1 Å². The third-order valence-corrected chi connectivity index (χ3v) is 7.89. The molecule has 0 aliphatic carbocycles. The number of aromatic nitrogens is 2. The Morgan fingerprint density at radius 3 is 2.44 bits per heavy atom. The van der Waals surface area contributed by atoms with Crippen molar-refractivity contribution >= 4 is 26.6 Å². The maximum absolute atomic E-state index is 14.9. The second-order valence-electron chi connectivity index (χ2n) is 8.07. The molecule has 0 fully saturated rings. The number of sulfone groups is 1. The quantitative estimate of drug-likeness (QED) is 0.319. The van der Waals surface area contributed by atoms with Crippen LogP contribution in [0.3, 0.4) is 0 Å². The molecule has 2 aromatic carbocycles. The molecule has 0 spiro atoms. The average Bonchev–Trinajstić information content (AvgIpc) is 2.78. The van der Waals surface area contributed by atoms with Crippen LogP contribution in [0, 0.1) is 11.6 Å². The lowest BCUT2D eigenvalue weighted by molar-refractivity contribution is -0.131. The number of nitrogens with one attached hydrogen (secondary N) is 1. The molecule has 1 amide bonds. The molecule has 0 aliphatic heterocycles. The summed E-state index contributed by atoms with van der Waals surface area (Å²) in [6.45, 7) is 0.691. The van der Waals surface area contributed by atoms with Gasteiger partial charge in [0.05, 0.1) is 17.2 Å². The second-order valence-corrected chi connectivity index (χ2v) is 10.5. The molecule has 12 heteroatoms. The first-order chi connectivity index (χ1) is 15.9. The molecule has 0 radical (unpaired) electrons. The van der Waals surface area contributed by atoms with Crippen LogP contribution in [0.4, 0.5) is 8.78 Å². The summed E-state index contributed by atoms with van der Waals surface area (Å²) in [6.07, 6.45) is 1.83. The van der Waals surface area contributed by atoms with Gasteiger partial charge in [-0.3, -0.25) is 19.4 Å². The zero-order valence-corrected chi connectivity index (χ0v) is 19.2. The van der Waals surface area contributed by atoms with Crippen molar-refractivity contribution in [2.45, 2.75) is 31.1 Å². The van der Waals surface area contributed by atoms with Gasteiger partial charge in [0.25, 0.3) is 11.5 Å². The van der Waals surface area contributed by atoms with Gasteiger partial charge in [-0.05, 0) is 43.5 Å². The Kier molecular flexibility index (Phi) is 7.15. The lowest BCUT2D eigenvalue weighted by atomic mass is 10.00. The summed E-state index contributed by atoms with van der Waals surface area (Å²) in [5.41, 5.74) is 1.14. The zero-order valence-electron chi connectivity index (χ0n) is 18.4. The molecule has 1 aromatic heterocycles. The topological polar surface area (TPSA) is 139 Å². The van der Waals surface area contributed by atoms with Crippen LogP contribution in [0.1, 0.15) is 18.9 Å². The van der Waals surface area contributed by atoms with E-state index in [-0.39, 0.29) is 48.0 Å². The Labute approximate surface area is 193 Å². The summed E-state index contributed by atoms with van der Waals surface area (Å²) >= 11 is 0. The van der Waals surface area contributed by atoms with Crippen molar-refractivity contribution in [2.75, 3.05) is 12.9 Å². The molecule has 0 aliphatic rings. The van der Waals surface area contributed by atoms with Crippen molar-refractivity contribution < 1.29 is 32.3 Å². The van der Waals surface area contributed by atoms with E-state index in [4.69, 9.17) is 10.3 Å². The first kappa shape index (κ1) is 25.4. The summed E-state index contributed by atoms with van der Waals surface area (Å²) in [4.78, 5) is 29.0. The van der Waals surface area contributed by atoms with Crippen LogP contribution in [-0.4, -0.2) is 51.8 Å². The third kappa shape index (κ3) is 4.69. The van der Waals surface area contributed by atoms with E-state index in [1.165, 1.54) is 23.7 Å². The van der Waals surface area contributed by atoms with Gasteiger partial charge < -0.3 is 5.11 Å². The van der Waals surface area contributed by atoms with Crippen molar-refractivity contribution in [3.05, 3.63) is 64.2 Å². The van der Waals surface area contributed by atoms with E-state index in [1.807, 2.05) is 0 Å². The predicted molar refractivity (Wildman–Crippen MR) is 120 cm³/mol. The van der Waals surface area contributed by atoms with Crippen LogP contribution < -0.4 is 11.0 Å². The van der Waals surface area contributed by atoms with Crippen LogP contribution in [0.2, 0.25) is 0 Å². The number of hydrogen-bond donors (Lipinski definition) is 3. The van der Waals surface area contributed by atoms with E-state index in [2.05, 4.69) is 4.98 Å². The molecule has 182 valence electrons. The fraction of sp³-hybridized carbons (Fsp3) is 0.318. The average molecular weight is 496 g/mol. The highest BCUT2D eigenvalue weighted by molar-refractivity contribution is 7.92. The van der Waals surface area contributed by atoms with Crippen LogP contribution >= 0.6 is 0 Å². The number of aryl methyl sites for hydroxylation is 1. The summed E-state index contributed by atoms with van der Waals surface area (Å²) < 4.78 is 52.7. The number of hydrogen-bond acceptors (Lipinski definition) is 7. The number of amides is 1. The van der Waals surface area contributed by atoms with E-state index >= 15 is 0 Å². The maximum atomic E-state index is 14.9. The zero-order chi connectivity index (χ0) is 25.3. The minimum atomic E-state index is -3.97. The van der Waals surface area contributed by atoms with E-state index in [0.29, 0.717) is 5.56 Å². The Morgan fingerprint density at radius 2 is 1.85 bits per heavy atom. The fourth-order valence-electron chi connectivity index (χ4n) is 3.53. The maximum Gasteiger partial charge on any atom is 0.264 e. The van der Waals surface area contributed by atoms with Gasteiger partial charge in [0, 0.05) is 30.5 Å². The molecule has 1 atom stereocenters. The van der Waals surface area contributed by atoms with Gasteiger partial charge in [0.1, 0.15) is 11.6 Å². The molecular formula is C22H23F2N3O6S. The Bertz CT molecular complexity index is 1420. The minimum absolute atomic E-state index is 0.0361. The Balaban J connectivity index is 2.00. The number of benzene rings is 2. The molecule has 0 saturated heterocycles. The molecule has 3 rings (SSSR count). The lowest BCUT2D eigenvalue weighted by Crippen LogP contribution is -2.50. The number of halogens is 2. The number of nitrogens with zero attached hydrogens (tertiary/aromatic N) is 2. The summed E-state index contributed by atoms with van der Waals surface area (Å²) in [6, 6.07) is 6.30. The van der Waals surface area contributed by atoms with E-state index < -0.39 is 37.7 Å². The van der Waals surface area contributed by atoms with Gasteiger partial charge in [0.2, 0.25) is 0 Å². The highest BCUT2D eigenvalue weighted by Gasteiger charge is 2.43. The first-order valence-electron chi connectivity index (χ1n) is 10.2. The monoisotopic (exact) mass is 495 g/mol. The predicted octanol–water partition coefficient (Wildman–Crippen LogP) is 1.58. The summed E-state index contributed by atoms with van der Waals surface area (Å²) in [7, 11) is -3.97. The van der Waals surface area contributed by atoms with Crippen LogP contribution in [0.5, 0.6) is 0 Å². The molecule has 34 heavy (non-hydrogen) atoms. The number of carbonyl (C=O) groups is 1. The van der Waals surface area contributed by atoms with E-state index in [1.54, 1.807) is 6.07 Å². The SMILES string of the molecule is C[C@](CCn1cnc2cc(-c3ccc(CCO)cc3F)c(F)cc2c1=O)(C(=O)NO)S(C)(=O)=O. The highest BCUT2D eigenvalue weighted by Crippen LogP contribution is 2.29. The van der Waals surface area contributed by atoms with Gasteiger partial charge >= 0.3 is 0 Å². The smallest absolute Gasteiger partial charge is 0.264 e. The van der Waals surface area contributed by atoms with E-state index in [9.17, 15) is 26.8 Å². The highest BCUT2D eigenvalue weighted by atomic mass is 32.2. The molecular weight excluding hydrogens is 472 g/mol. The van der Waals surface area contributed by atoms with Crippen molar-refractivity contribution in [2.24, 2.45) is 0 Å². The first-order valence-corrected chi connectivity index (χ1v) is 12.0. The van der Waals surface area contributed by atoms with Crippen LogP contribution in [0.25, 0.3) is 22.0 Å². The van der Waals surface area contributed by atoms with Crippen molar-refractivity contribution in [3.8, 4) is 11.1 Å². The Morgan fingerprint density at radius 1 is 1.18 bits per heavy atom. The number of rotatable bonds is 8. The van der Waals surface area contributed by atoms with Gasteiger partial charge in [0.15, 0.2) is 14.6 Å². The largest absolute Gasteiger partial charge is 0.396 e. The lowest BCUT2D eigenvalue weighted by Gasteiger charge is -2.25. The number of carbonyl (C=O) groups excluding carboxylic acids is 1. The Hall–Kier alpha value is -3.22. The minimum Gasteiger partial charge on any atom is -0.396 e. The molecule has 9 nitrogen and oxygen atoms in total. The van der Waals surface area contributed by atoms with Gasteiger partial charge in [-0.2, -0.15) is 0 Å². The number of aliphatic hydroxyl groups excluding tert-OH is 1. The molecule has 0 unspecified atom stereocenters. The third-order valence-electron chi connectivity index (χ3n) is 5.87. The molecule has 3 N–H and O–H groups in total. The fourth-order valence-corrected chi connectivity index (χ4v) is 4.37. The number of fused-ring (bicyclic) bond motifs is 1. The second kappa shape index (κ2) is 9.57. The van der Waals surface area contributed by atoms with Crippen molar-refractivity contribution in [1.82, 2.24) is 15.0 Å². The van der Waals surface area contributed by atoms with Crippen LogP contribution in [0.15, 0.2) is 41.5 Å². The molecule has 0 saturated carbocycles. The normalized spacial score (nSPS) is 13.6. The van der Waals surface area contributed by atoms with Crippen LogP contribution in [-0.2, 0) is 27.6 Å². The molecule has 1 heterocycles. The van der Waals surface area contributed by atoms with Gasteiger partial charge in [-0.1, -0.05) is 12.1 Å². The number of hydroxylamine groups is 1. The summed E-state index contributed by atoms with van der Waals surface area (Å²) in [5.74, 6) is -2.71. The van der Waals surface area contributed by atoms with Crippen molar-refractivity contribution in [3.63, 3.8) is 0 Å². The molecule has 0 bridgehead atoms. The summed E-state index contributed by atoms with van der Waals surface area (Å²) in [5, 5.41) is 17.8. The number of aliphatic hydroxyl groups is 1. The van der Waals surface area contributed by atoms with Crippen molar-refractivity contribution in [1.29, 1.82) is 0 Å². The van der Waals surface area contributed by atoms with Gasteiger partial charge in [-0.15, -0.1) is 0 Å².